The van der Waals surface area contributed by atoms with Crippen molar-refractivity contribution in [3.8, 4) is 11.3 Å². The highest BCUT2D eigenvalue weighted by Gasteiger charge is 2.27. The summed E-state index contributed by atoms with van der Waals surface area (Å²) >= 11 is 0. The van der Waals surface area contributed by atoms with Gasteiger partial charge in [-0.05, 0) is 75.9 Å². The summed E-state index contributed by atoms with van der Waals surface area (Å²) in [5, 5.41) is 5.12. The molecule has 0 unspecified atom stereocenters. The van der Waals surface area contributed by atoms with E-state index in [0.29, 0.717) is 17.8 Å². The van der Waals surface area contributed by atoms with Gasteiger partial charge in [0.1, 0.15) is 5.82 Å². The van der Waals surface area contributed by atoms with Gasteiger partial charge in [0.05, 0.1) is 6.20 Å². The molecule has 0 spiro atoms. The quantitative estimate of drug-likeness (QED) is 0.704. The molecule has 1 N–H and O–H groups in total. The summed E-state index contributed by atoms with van der Waals surface area (Å²) in [7, 11) is 4.22. The van der Waals surface area contributed by atoms with E-state index < -0.39 is 0 Å². The number of hydrogen-bond donors (Lipinski definition) is 1. The van der Waals surface area contributed by atoms with Gasteiger partial charge in [0, 0.05) is 36.0 Å². The number of nitrogens with zero attached hydrogens (tertiary/aromatic N) is 3. The van der Waals surface area contributed by atoms with E-state index in [1.54, 1.807) is 6.20 Å². The highest BCUT2D eigenvalue weighted by atomic mass is 16.4. The molecule has 1 fully saturated rings. The Bertz CT molecular complexity index is 1030. The standard InChI is InChI=1S/C23H28N4O2/c1-14-9-18(21-13-24-15(2)29-21)10-17-11-22(25-12-20(14)17)26-23(28)16-5-7-19(8-6-16)27(3)4/h9-13,16,19H,5-8H2,1-4H3,(H,25,26,28)/t16-,19-. The predicted molar refractivity (Wildman–Crippen MR) is 115 cm³/mol. The van der Waals surface area contributed by atoms with Crippen molar-refractivity contribution in [2.24, 2.45) is 5.92 Å². The van der Waals surface area contributed by atoms with Gasteiger partial charge in [-0.15, -0.1) is 0 Å². The van der Waals surface area contributed by atoms with E-state index in [1.165, 1.54) is 0 Å². The van der Waals surface area contributed by atoms with Crippen LogP contribution in [-0.2, 0) is 4.79 Å². The second kappa shape index (κ2) is 7.95. The van der Waals surface area contributed by atoms with Gasteiger partial charge in [0.15, 0.2) is 11.7 Å². The van der Waals surface area contributed by atoms with E-state index in [4.69, 9.17) is 4.42 Å². The van der Waals surface area contributed by atoms with Crippen LogP contribution in [0.1, 0.15) is 37.1 Å². The zero-order valence-electron chi connectivity index (χ0n) is 17.5. The average molecular weight is 393 g/mol. The van der Waals surface area contributed by atoms with Crippen molar-refractivity contribution in [1.82, 2.24) is 14.9 Å². The van der Waals surface area contributed by atoms with Gasteiger partial charge in [0.2, 0.25) is 5.91 Å². The van der Waals surface area contributed by atoms with Crippen LogP contribution < -0.4 is 5.32 Å². The number of carbonyl (C=O) groups excluding carboxylic acids is 1. The molecule has 1 aliphatic carbocycles. The largest absolute Gasteiger partial charge is 0.441 e. The van der Waals surface area contributed by atoms with Crippen LogP contribution >= 0.6 is 0 Å². The maximum atomic E-state index is 12.8. The molecular weight excluding hydrogens is 364 g/mol. The summed E-state index contributed by atoms with van der Waals surface area (Å²) in [5.74, 6) is 2.13. The fourth-order valence-electron chi connectivity index (χ4n) is 4.23. The second-order valence-electron chi connectivity index (χ2n) is 8.29. The average Bonchev–Trinajstić information content (AvgIpc) is 3.14. The first-order chi connectivity index (χ1) is 13.9. The maximum absolute atomic E-state index is 12.8. The van der Waals surface area contributed by atoms with Crippen LogP contribution in [0.2, 0.25) is 0 Å². The predicted octanol–water partition coefficient (Wildman–Crippen LogP) is 4.57. The van der Waals surface area contributed by atoms with Crippen LogP contribution in [0.15, 0.2) is 35.0 Å². The van der Waals surface area contributed by atoms with Gasteiger partial charge in [-0.1, -0.05) is 0 Å². The Hall–Kier alpha value is -2.73. The van der Waals surface area contributed by atoms with E-state index >= 15 is 0 Å². The lowest BCUT2D eigenvalue weighted by molar-refractivity contribution is -0.121. The minimum Gasteiger partial charge on any atom is -0.441 e. The molecular formula is C23H28N4O2. The number of benzene rings is 1. The zero-order chi connectivity index (χ0) is 20.5. The molecule has 1 aromatic carbocycles. The summed E-state index contributed by atoms with van der Waals surface area (Å²) in [6, 6.07) is 6.66. The van der Waals surface area contributed by atoms with Crippen LogP contribution in [0.25, 0.3) is 22.1 Å². The van der Waals surface area contributed by atoms with E-state index in [2.05, 4.69) is 53.3 Å². The summed E-state index contributed by atoms with van der Waals surface area (Å²) in [6.07, 6.45) is 7.56. The number of aromatic nitrogens is 2. The minimum absolute atomic E-state index is 0.0638. The van der Waals surface area contributed by atoms with Crippen LogP contribution in [0.4, 0.5) is 5.82 Å². The van der Waals surface area contributed by atoms with E-state index in [9.17, 15) is 4.79 Å². The number of hydrogen-bond acceptors (Lipinski definition) is 5. The number of carbonyl (C=O) groups is 1. The van der Waals surface area contributed by atoms with Crippen LogP contribution in [0.3, 0.4) is 0 Å². The van der Waals surface area contributed by atoms with E-state index in [0.717, 1.165) is 53.3 Å². The van der Waals surface area contributed by atoms with Crippen molar-refractivity contribution >= 4 is 22.5 Å². The fourth-order valence-corrected chi connectivity index (χ4v) is 4.23. The lowest BCUT2D eigenvalue weighted by Gasteiger charge is -2.31. The first kappa shape index (κ1) is 19.6. The van der Waals surface area contributed by atoms with Gasteiger partial charge >= 0.3 is 0 Å². The smallest absolute Gasteiger partial charge is 0.228 e. The molecule has 2 aromatic heterocycles. The highest BCUT2D eigenvalue weighted by molar-refractivity contribution is 5.95. The monoisotopic (exact) mass is 392 g/mol. The zero-order valence-corrected chi connectivity index (χ0v) is 17.5. The Morgan fingerprint density at radius 2 is 1.83 bits per heavy atom. The van der Waals surface area contributed by atoms with E-state index in [1.807, 2.05) is 19.2 Å². The summed E-state index contributed by atoms with van der Waals surface area (Å²) in [4.78, 5) is 23.7. The van der Waals surface area contributed by atoms with Gasteiger partial charge in [0.25, 0.3) is 0 Å². The Kier molecular flexibility index (Phi) is 5.37. The molecule has 1 aliphatic rings. The number of nitrogens with one attached hydrogen (secondary N) is 1. The molecule has 4 rings (SSSR count). The molecule has 0 bridgehead atoms. The molecule has 6 nitrogen and oxygen atoms in total. The third-order valence-electron chi connectivity index (χ3n) is 6.00. The van der Waals surface area contributed by atoms with Crippen LogP contribution in [0, 0.1) is 19.8 Å². The van der Waals surface area contributed by atoms with Gasteiger partial charge in [-0.2, -0.15) is 0 Å². The first-order valence-corrected chi connectivity index (χ1v) is 10.2. The lowest BCUT2D eigenvalue weighted by Crippen LogP contribution is -2.35. The Morgan fingerprint density at radius 3 is 2.48 bits per heavy atom. The second-order valence-corrected chi connectivity index (χ2v) is 8.29. The number of oxazole rings is 1. The van der Waals surface area contributed by atoms with Crippen molar-refractivity contribution in [3.05, 3.63) is 42.0 Å². The molecule has 0 aliphatic heterocycles. The number of anilines is 1. The maximum Gasteiger partial charge on any atom is 0.228 e. The number of fused-ring (bicyclic) bond motifs is 1. The third kappa shape index (κ3) is 4.17. The van der Waals surface area contributed by atoms with Gasteiger partial charge in [-0.25, -0.2) is 9.97 Å². The number of aryl methyl sites for hydroxylation is 2. The number of rotatable bonds is 4. The Morgan fingerprint density at radius 1 is 1.07 bits per heavy atom. The molecule has 3 aromatic rings. The molecule has 2 heterocycles. The topological polar surface area (TPSA) is 71.3 Å². The summed E-state index contributed by atoms with van der Waals surface area (Å²) in [6.45, 7) is 3.89. The normalized spacial score (nSPS) is 19.6. The molecule has 6 heteroatoms. The van der Waals surface area contributed by atoms with Crippen molar-refractivity contribution in [1.29, 1.82) is 0 Å². The van der Waals surface area contributed by atoms with Crippen molar-refractivity contribution in [3.63, 3.8) is 0 Å². The molecule has 1 saturated carbocycles. The van der Waals surface area contributed by atoms with Crippen molar-refractivity contribution in [2.45, 2.75) is 45.6 Å². The first-order valence-electron chi connectivity index (χ1n) is 10.2. The van der Waals surface area contributed by atoms with Crippen LogP contribution in [0.5, 0.6) is 0 Å². The SMILES string of the molecule is Cc1ncc(-c2cc(C)c3cnc(NC(=O)[C@H]4CC[C@H](N(C)C)CC4)cc3c2)o1. The molecule has 0 saturated heterocycles. The highest BCUT2D eigenvalue weighted by Crippen LogP contribution is 2.30. The van der Waals surface area contributed by atoms with Crippen LogP contribution in [-0.4, -0.2) is 40.9 Å². The van der Waals surface area contributed by atoms with Gasteiger partial charge < -0.3 is 14.6 Å². The summed E-state index contributed by atoms with van der Waals surface area (Å²) < 4.78 is 5.67. The van der Waals surface area contributed by atoms with E-state index in [-0.39, 0.29) is 11.8 Å². The number of amides is 1. The Labute approximate surface area is 171 Å². The lowest BCUT2D eigenvalue weighted by atomic mass is 9.85. The van der Waals surface area contributed by atoms with Crippen molar-refractivity contribution in [2.75, 3.05) is 19.4 Å². The molecule has 0 atom stereocenters. The minimum atomic E-state index is 0.0638. The molecule has 152 valence electrons. The van der Waals surface area contributed by atoms with Crippen molar-refractivity contribution < 1.29 is 9.21 Å². The number of pyridine rings is 1. The molecule has 29 heavy (non-hydrogen) atoms. The third-order valence-corrected chi connectivity index (χ3v) is 6.00. The Balaban J connectivity index is 1.53. The molecule has 1 amide bonds. The van der Waals surface area contributed by atoms with Gasteiger partial charge in [-0.3, -0.25) is 4.79 Å². The summed E-state index contributed by atoms with van der Waals surface area (Å²) in [5.41, 5.74) is 2.08. The fraction of sp³-hybridized carbons (Fsp3) is 0.435. The molecule has 0 radical (unpaired) electrons.